The first-order valence-electron chi connectivity index (χ1n) is 8.89. The lowest BCUT2D eigenvalue weighted by Crippen LogP contribution is -2.47. The Labute approximate surface area is 152 Å². The summed E-state index contributed by atoms with van der Waals surface area (Å²) in [5, 5.41) is 7.95. The number of carbonyl (C=O) groups is 1. The van der Waals surface area contributed by atoms with Gasteiger partial charge in [-0.15, -0.1) is 0 Å². The number of aromatic nitrogens is 2. The molecule has 6 nitrogen and oxygen atoms in total. The molecule has 2 aromatic heterocycles. The SMILES string of the molecule is CC(C)N1CCC(N(C)C(=O)CCc2nc(-c3ccsc3)no2)CC1. The molecule has 1 aliphatic heterocycles. The Balaban J connectivity index is 1.48. The third kappa shape index (κ3) is 4.46. The molecular formula is C18H26N4O2S. The Morgan fingerprint density at radius 3 is 2.84 bits per heavy atom. The molecule has 1 saturated heterocycles. The van der Waals surface area contributed by atoms with E-state index in [2.05, 4.69) is 28.9 Å². The standard InChI is InChI=1S/C18H26N4O2S/c1-13(2)22-9-6-15(7-10-22)21(3)17(23)5-4-16-19-18(20-24-16)14-8-11-25-12-14/h8,11-13,15H,4-7,9-10H2,1-3H3. The van der Waals surface area contributed by atoms with Gasteiger partial charge in [0.2, 0.25) is 17.6 Å². The zero-order valence-corrected chi connectivity index (χ0v) is 16.0. The first kappa shape index (κ1) is 18.1. The van der Waals surface area contributed by atoms with Gasteiger partial charge >= 0.3 is 0 Å². The summed E-state index contributed by atoms with van der Waals surface area (Å²) in [7, 11) is 1.92. The minimum absolute atomic E-state index is 0.151. The van der Waals surface area contributed by atoms with Crippen molar-refractivity contribution >= 4 is 17.2 Å². The first-order chi connectivity index (χ1) is 12.0. The van der Waals surface area contributed by atoms with Crippen LogP contribution in [0.15, 0.2) is 21.3 Å². The van der Waals surface area contributed by atoms with E-state index in [0.29, 0.717) is 36.6 Å². The number of amides is 1. The highest BCUT2D eigenvalue weighted by molar-refractivity contribution is 7.08. The van der Waals surface area contributed by atoms with Crippen LogP contribution in [0, 0.1) is 0 Å². The highest BCUT2D eigenvalue weighted by Gasteiger charge is 2.26. The van der Waals surface area contributed by atoms with Gasteiger partial charge in [-0.2, -0.15) is 16.3 Å². The number of aryl methyl sites for hydroxylation is 1. The number of piperidine rings is 1. The molecule has 0 saturated carbocycles. The van der Waals surface area contributed by atoms with Crippen molar-refractivity contribution in [2.45, 2.75) is 51.6 Å². The number of likely N-dealkylation sites (tertiary alicyclic amines) is 1. The lowest BCUT2D eigenvalue weighted by molar-refractivity contribution is -0.133. The van der Waals surface area contributed by atoms with E-state index in [4.69, 9.17) is 4.52 Å². The van der Waals surface area contributed by atoms with Crippen LogP contribution in [-0.4, -0.2) is 58.1 Å². The Kier molecular flexibility index (Phi) is 5.86. The number of carbonyl (C=O) groups excluding carboxylic acids is 1. The number of hydrogen-bond acceptors (Lipinski definition) is 6. The largest absolute Gasteiger partial charge is 0.343 e. The van der Waals surface area contributed by atoms with Crippen molar-refractivity contribution in [2.24, 2.45) is 0 Å². The second-order valence-corrected chi connectivity index (χ2v) is 7.67. The summed E-state index contributed by atoms with van der Waals surface area (Å²) in [6, 6.07) is 2.88. The van der Waals surface area contributed by atoms with Crippen molar-refractivity contribution in [1.29, 1.82) is 0 Å². The Bertz CT molecular complexity index is 675. The molecule has 0 spiro atoms. The van der Waals surface area contributed by atoms with Crippen LogP contribution in [0.5, 0.6) is 0 Å². The van der Waals surface area contributed by atoms with Gasteiger partial charge in [0.05, 0.1) is 0 Å². The molecule has 0 atom stereocenters. The van der Waals surface area contributed by atoms with E-state index in [0.717, 1.165) is 31.5 Å². The van der Waals surface area contributed by atoms with Gasteiger partial charge in [-0.3, -0.25) is 4.79 Å². The third-order valence-corrected chi connectivity index (χ3v) is 5.65. The molecule has 25 heavy (non-hydrogen) atoms. The monoisotopic (exact) mass is 362 g/mol. The number of thiophene rings is 1. The Morgan fingerprint density at radius 1 is 1.44 bits per heavy atom. The number of nitrogens with zero attached hydrogens (tertiary/aromatic N) is 4. The molecule has 0 N–H and O–H groups in total. The van der Waals surface area contributed by atoms with Crippen LogP contribution in [-0.2, 0) is 11.2 Å². The van der Waals surface area contributed by atoms with Crippen molar-refractivity contribution in [3.8, 4) is 11.4 Å². The van der Waals surface area contributed by atoms with Gasteiger partial charge in [0, 0.05) is 56.0 Å². The molecule has 136 valence electrons. The Hall–Kier alpha value is -1.73. The summed E-state index contributed by atoms with van der Waals surface area (Å²) in [6.07, 6.45) is 2.99. The summed E-state index contributed by atoms with van der Waals surface area (Å²) in [6.45, 7) is 6.58. The zero-order chi connectivity index (χ0) is 17.8. The van der Waals surface area contributed by atoms with E-state index >= 15 is 0 Å². The summed E-state index contributed by atoms with van der Waals surface area (Å²) in [5.74, 6) is 1.27. The maximum absolute atomic E-state index is 12.5. The highest BCUT2D eigenvalue weighted by atomic mass is 32.1. The van der Waals surface area contributed by atoms with E-state index in [-0.39, 0.29) is 5.91 Å². The predicted molar refractivity (Wildman–Crippen MR) is 98.4 cm³/mol. The molecule has 0 radical (unpaired) electrons. The Morgan fingerprint density at radius 2 is 2.20 bits per heavy atom. The van der Waals surface area contributed by atoms with Gasteiger partial charge < -0.3 is 14.3 Å². The van der Waals surface area contributed by atoms with Crippen LogP contribution in [0.2, 0.25) is 0 Å². The zero-order valence-electron chi connectivity index (χ0n) is 15.1. The molecule has 0 aromatic carbocycles. The smallest absolute Gasteiger partial charge is 0.227 e. The minimum Gasteiger partial charge on any atom is -0.343 e. The normalized spacial score (nSPS) is 16.5. The molecule has 3 heterocycles. The lowest BCUT2D eigenvalue weighted by Gasteiger charge is -2.38. The quantitative estimate of drug-likeness (QED) is 0.790. The average molecular weight is 362 g/mol. The van der Waals surface area contributed by atoms with E-state index in [9.17, 15) is 4.79 Å². The fourth-order valence-electron chi connectivity index (χ4n) is 3.25. The van der Waals surface area contributed by atoms with Crippen molar-refractivity contribution in [3.05, 3.63) is 22.7 Å². The van der Waals surface area contributed by atoms with E-state index in [1.807, 2.05) is 28.8 Å². The fourth-order valence-corrected chi connectivity index (χ4v) is 3.88. The van der Waals surface area contributed by atoms with Crippen LogP contribution in [0.3, 0.4) is 0 Å². The average Bonchev–Trinajstić information content (AvgIpc) is 3.30. The van der Waals surface area contributed by atoms with Crippen molar-refractivity contribution in [3.63, 3.8) is 0 Å². The topological polar surface area (TPSA) is 62.5 Å². The molecule has 0 unspecified atom stereocenters. The summed E-state index contributed by atoms with van der Waals surface area (Å²) in [5.41, 5.74) is 0.959. The minimum atomic E-state index is 0.151. The molecule has 1 amide bonds. The number of hydrogen-bond donors (Lipinski definition) is 0. The van der Waals surface area contributed by atoms with Gasteiger partial charge in [0.15, 0.2) is 0 Å². The van der Waals surface area contributed by atoms with E-state index < -0.39 is 0 Å². The van der Waals surface area contributed by atoms with Crippen LogP contribution in [0.1, 0.15) is 39.0 Å². The molecule has 3 rings (SSSR count). The first-order valence-corrected chi connectivity index (χ1v) is 9.83. The molecule has 0 bridgehead atoms. The highest BCUT2D eigenvalue weighted by Crippen LogP contribution is 2.20. The molecular weight excluding hydrogens is 336 g/mol. The van der Waals surface area contributed by atoms with Crippen molar-refractivity contribution in [2.75, 3.05) is 20.1 Å². The van der Waals surface area contributed by atoms with E-state index in [1.165, 1.54) is 0 Å². The van der Waals surface area contributed by atoms with Gasteiger partial charge in [-0.1, -0.05) is 5.16 Å². The number of rotatable bonds is 6. The second kappa shape index (κ2) is 8.10. The maximum Gasteiger partial charge on any atom is 0.227 e. The van der Waals surface area contributed by atoms with Gasteiger partial charge in [0.1, 0.15) is 0 Å². The van der Waals surface area contributed by atoms with Crippen molar-refractivity contribution < 1.29 is 9.32 Å². The molecule has 1 fully saturated rings. The van der Waals surface area contributed by atoms with Gasteiger partial charge in [0.25, 0.3) is 0 Å². The van der Waals surface area contributed by atoms with Crippen LogP contribution >= 0.6 is 11.3 Å². The summed E-state index contributed by atoms with van der Waals surface area (Å²) in [4.78, 5) is 21.2. The molecule has 2 aromatic rings. The predicted octanol–water partition coefficient (Wildman–Crippen LogP) is 3.06. The molecule has 0 aliphatic carbocycles. The van der Waals surface area contributed by atoms with Crippen LogP contribution in [0.25, 0.3) is 11.4 Å². The maximum atomic E-state index is 12.5. The summed E-state index contributed by atoms with van der Waals surface area (Å²) < 4.78 is 5.27. The van der Waals surface area contributed by atoms with Crippen molar-refractivity contribution in [1.82, 2.24) is 19.9 Å². The second-order valence-electron chi connectivity index (χ2n) is 6.89. The van der Waals surface area contributed by atoms with Gasteiger partial charge in [-0.25, -0.2) is 0 Å². The molecule has 1 aliphatic rings. The van der Waals surface area contributed by atoms with Crippen LogP contribution < -0.4 is 0 Å². The van der Waals surface area contributed by atoms with Crippen LogP contribution in [0.4, 0.5) is 0 Å². The van der Waals surface area contributed by atoms with E-state index in [1.54, 1.807) is 11.3 Å². The lowest BCUT2D eigenvalue weighted by atomic mass is 10.0. The molecule has 7 heteroatoms. The summed E-state index contributed by atoms with van der Waals surface area (Å²) >= 11 is 1.60. The van der Waals surface area contributed by atoms with Gasteiger partial charge in [-0.05, 0) is 38.1 Å². The fraction of sp³-hybridized carbons (Fsp3) is 0.611. The third-order valence-electron chi connectivity index (χ3n) is 4.97.